The number of anilines is 1. The summed E-state index contributed by atoms with van der Waals surface area (Å²) in [5, 5.41) is 13.6. The molecule has 30 heavy (non-hydrogen) atoms. The van der Waals surface area contributed by atoms with Crippen molar-refractivity contribution in [2.75, 3.05) is 38.1 Å². The van der Waals surface area contributed by atoms with E-state index in [1.165, 1.54) is 17.7 Å². The van der Waals surface area contributed by atoms with E-state index in [9.17, 15) is 14.9 Å². The lowest BCUT2D eigenvalue weighted by Crippen LogP contribution is -2.49. The maximum absolute atomic E-state index is 12.5. The molecule has 1 fully saturated rings. The van der Waals surface area contributed by atoms with Crippen molar-refractivity contribution in [3.63, 3.8) is 0 Å². The van der Waals surface area contributed by atoms with Crippen LogP contribution in [-0.4, -0.2) is 53.5 Å². The maximum Gasteiger partial charge on any atom is 0.321 e. The van der Waals surface area contributed by atoms with Crippen molar-refractivity contribution in [3.05, 3.63) is 64.2 Å². The monoisotopic (exact) mass is 412 g/mol. The molecule has 0 aliphatic carbocycles. The van der Waals surface area contributed by atoms with E-state index in [0.29, 0.717) is 18.8 Å². The van der Waals surface area contributed by atoms with Crippen LogP contribution in [0.1, 0.15) is 25.3 Å². The summed E-state index contributed by atoms with van der Waals surface area (Å²) >= 11 is 0. The van der Waals surface area contributed by atoms with E-state index < -0.39 is 4.92 Å². The molecule has 0 unspecified atom stereocenters. The fraction of sp³-hybridized carbons (Fsp3) is 0.409. The number of non-ortho nitro benzene ring substituents is 1. The zero-order valence-electron chi connectivity index (χ0n) is 17.3. The lowest BCUT2D eigenvalue weighted by molar-refractivity contribution is -0.384. The molecule has 0 saturated carbocycles. The fourth-order valence-corrected chi connectivity index (χ4v) is 3.29. The average molecular weight is 412 g/mol. The van der Waals surface area contributed by atoms with Gasteiger partial charge in [-0.25, -0.2) is 4.79 Å². The van der Waals surface area contributed by atoms with Crippen molar-refractivity contribution < 1.29 is 14.5 Å². The summed E-state index contributed by atoms with van der Waals surface area (Å²) in [5.74, 6) is 0.898. The van der Waals surface area contributed by atoms with Gasteiger partial charge in [-0.1, -0.05) is 31.5 Å². The molecule has 1 aliphatic rings. The second kappa shape index (κ2) is 10.6. The second-order valence-corrected chi connectivity index (χ2v) is 7.35. The molecule has 2 aromatic rings. The normalized spacial score (nSPS) is 14.4. The summed E-state index contributed by atoms with van der Waals surface area (Å²) < 4.78 is 5.70. The first-order valence-electron chi connectivity index (χ1n) is 10.3. The van der Waals surface area contributed by atoms with E-state index in [1.807, 2.05) is 12.1 Å². The highest BCUT2D eigenvalue weighted by molar-refractivity contribution is 5.89. The molecule has 8 heteroatoms. The molecule has 8 nitrogen and oxygen atoms in total. The van der Waals surface area contributed by atoms with Crippen molar-refractivity contribution >= 4 is 17.4 Å². The van der Waals surface area contributed by atoms with Gasteiger partial charge in [0.25, 0.3) is 5.69 Å². The standard InChI is InChI=1S/C22H28N4O4/c1-2-3-15-30-21-9-7-18(8-10-21)17-24-11-13-25(14-12-24)22(27)23-19-5-4-6-20(16-19)26(28)29/h4-10,16H,2-3,11-15,17H2,1H3,(H,23,27). The molecule has 0 spiro atoms. The summed E-state index contributed by atoms with van der Waals surface area (Å²) in [6.45, 7) is 6.49. The van der Waals surface area contributed by atoms with Crippen molar-refractivity contribution in [2.45, 2.75) is 26.3 Å². The van der Waals surface area contributed by atoms with Gasteiger partial charge >= 0.3 is 6.03 Å². The lowest BCUT2D eigenvalue weighted by Gasteiger charge is -2.34. The smallest absolute Gasteiger partial charge is 0.321 e. The Bertz CT molecular complexity index is 848. The number of nitro groups is 1. The quantitative estimate of drug-likeness (QED) is 0.400. The van der Waals surface area contributed by atoms with E-state index in [4.69, 9.17) is 4.74 Å². The van der Waals surface area contributed by atoms with E-state index in [0.717, 1.165) is 44.8 Å². The Morgan fingerprint density at radius 1 is 1.13 bits per heavy atom. The maximum atomic E-state index is 12.5. The SMILES string of the molecule is CCCCOc1ccc(CN2CCN(C(=O)Nc3cccc([N+](=O)[O-])c3)CC2)cc1. The number of hydrogen-bond acceptors (Lipinski definition) is 5. The number of nitrogens with one attached hydrogen (secondary N) is 1. The molecule has 0 radical (unpaired) electrons. The summed E-state index contributed by atoms with van der Waals surface area (Å²) in [6, 6.07) is 13.9. The van der Waals surface area contributed by atoms with Crippen molar-refractivity contribution in [3.8, 4) is 5.75 Å². The third-order valence-corrected chi connectivity index (χ3v) is 5.06. The van der Waals surface area contributed by atoms with Crippen LogP contribution in [0, 0.1) is 10.1 Å². The van der Waals surface area contributed by atoms with E-state index in [-0.39, 0.29) is 11.7 Å². The summed E-state index contributed by atoms with van der Waals surface area (Å²) in [4.78, 5) is 26.9. The van der Waals surface area contributed by atoms with Crippen LogP contribution in [0.4, 0.5) is 16.2 Å². The first-order chi connectivity index (χ1) is 14.5. The molecular weight excluding hydrogens is 384 g/mol. The second-order valence-electron chi connectivity index (χ2n) is 7.35. The number of nitrogens with zero attached hydrogens (tertiary/aromatic N) is 3. The van der Waals surface area contributed by atoms with Crippen LogP contribution < -0.4 is 10.1 Å². The van der Waals surface area contributed by atoms with Crippen LogP contribution in [0.5, 0.6) is 5.75 Å². The summed E-state index contributed by atoms with van der Waals surface area (Å²) in [5.41, 5.74) is 1.60. The van der Waals surface area contributed by atoms with Gasteiger partial charge < -0.3 is 15.0 Å². The number of benzene rings is 2. The predicted molar refractivity (Wildman–Crippen MR) is 116 cm³/mol. The van der Waals surface area contributed by atoms with Gasteiger partial charge in [-0.15, -0.1) is 0 Å². The van der Waals surface area contributed by atoms with E-state index >= 15 is 0 Å². The third kappa shape index (κ3) is 6.18. The zero-order chi connectivity index (χ0) is 21.3. The zero-order valence-corrected chi connectivity index (χ0v) is 17.3. The highest BCUT2D eigenvalue weighted by Crippen LogP contribution is 2.18. The molecule has 0 bridgehead atoms. The van der Waals surface area contributed by atoms with Crippen LogP contribution in [0.25, 0.3) is 0 Å². The highest BCUT2D eigenvalue weighted by Gasteiger charge is 2.21. The average Bonchev–Trinajstić information content (AvgIpc) is 2.76. The molecule has 3 rings (SSSR count). The first kappa shape index (κ1) is 21.6. The Hall–Kier alpha value is -3.13. The Morgan fingerprint density at radius 2 is 1.87 bits per heavy atom. The van der Waals surface area contributed by atoms with Crippen molar-refractivity contribution in [1.29, 1.82) is 0 Å². The molecule has 0 atom stereocenters. The summed E-state index contributed by atoms with van der Waals surface area (Å²) in [6.07, 6.45) is 2.17. The number of urea groups is 1. The van der Waals surface area contributed by atoms with Crippen molar-refractivity contribution in [2.24, 2.45) is 0 Å². The van der Waals surface area contributed by atoms with Gasteiger partial charge in [0.1, 0.15) is 5.75 Å². The highest BCUT2D eigenvalue weighted by atomic mass is 16.6. The minimum atomic E-state index is -0.474. The Morgan fingerprint density at radius 3 is 2.53 bits per heavy atom. The topological polar surface area (TPSA) is 88.0 Å². The van der Waals surface area contributed by atoms with Crippen LogP contribution in [0.2, 0.25) is 0 Å². The number of hydrogen-bond donors (Lipinski definition) is 1. The van der Waals surface area contributed by atoms with Gasteiger partial charge in [-0.2, -0.15) is 0 Å². The van der Waals surface area contributed by atoms with E-state index in [2.05, 4.69) is 29.3 Å². The van der Waals surface area contributed by atoms with Gasteiger partial charge in [0.2, 0.25) is 0 Å². The number of unbranched alkanes of at least 4 members (excludes halogenated alkanes) is 1. The van der Waals surface area contributed by atoms with Gasteiger partial charge in [0.15, 0.2) is 0 Å². The predicted octanol–water partition coefficient (Wildman–Crippen LogP) is 4.12. The molecule has 2 amide bonds. The number of ether oxygens (including phenoxy) is 1. The minimum absolute atomic E-state index is 0.0422. The third-order valence-electron chi connectivity index (χ3n) is 5.06. The van der Waals surface area contributed by atoms with Gasteiger partial charge in [-0.05, 0) is 30.2 Å². The number of amides is 2. The molecule has 0 aromatic heterocycles. The van der Waals surface area contributed by atoms with Gasteiger partial charge in [-0.3, -0.25) is 15.0 Å². The Balaban J connectivity index is 1.44. The lowest BCUT2D eigenvalue weighted by atomic mass is 10.2. The molecular formula is C22H28N4O4. The van der Waals surface area contributed by atoms with Crippen LogP contribution >= 0.6 is 0 Å². The van der Waals surface area contributed by atoms with Gasteiger partial charge in [0, 0.05) is 50.5 Å². The minimum Gasteiger partial charge on any atom is -0.494 e. The first-order valence-corrected chi connectivity index (χ1v) is 10.3. The number of piperazine rings is 1. The molecule has 2 aromatic carbocycles. The molecule has 1 saturated heterocycles. The fourth-order valence-electron chi connectivity index (χ4n) is 3.29. The molecule has 1 heterocycles. The number of nitro benzene ring substituents is 1. The van der Waals surface area contributed by atoms with Crippen LogP contribution in [-0.2, 0) is 6.54 Å². The Kier molecular flexibility index (Phi) is 7.62. The van der Waals surface area contributed by atoms with Crippen LogP contribution in [0.15, 0.2) is 48.5 Å². The summed E-state index contributed by atoms with van der Waals surface area (Å²) in [7, 11) is 0. The van der Waals surface area contributed by atoms with Crippen molar-refractivity contribution in [1.82, 2.24) is 9.80 Å². The van der Waals surface area contributed by atoms with E-state index in [1.54, 1.807) is 17.0 Å². The number of carbonyl (C=O) groups is 1. The van der Waals surface area contributed by atoms with Gasteiger partial charge in [0.05, 0.1) is 11.5 Å². The largest absolute Gasteiger partial charge is 0.494 e. The van der Waals surface area contributed by atoms with Crippen LogP contribution in [0.3, 0.4) is 0 Å². The Labute approximate surface area is 176 Å². The molecule has 160 valence electrons. The molecule has 1 aliphatic heterocycles. The molecule has 1 N–H and O–H groups in total. The number of rotatable bonds is 8. The number of carbonyl (C=O) groups excluding carboxylic acids is 1.